The Balaban J connectivity index is 1.36. The number of rotatable bonds is 8. The molecule has 4 heterocycles. The van der Waals surface area contributed by atoms with Gasteiger partial charge in [-0.3, -0.25) is 19.9 Å². The van der Waals surface area contributed by atoms with Gasteiger partial charge in [0.1, 0.15) is 47.0 Å². The van der Waals surface area contributed by atoms with Crippen LogP contribution < -0.4 is 15.0 Å². The topological polar surface area (TPSA) is 130 Å². The van der Waals surface area contributed by atoms with Gasteiger partial charge < -0.3 is 14.2 Å². The van der Waals surface area contributed by atoms with E-state index >= 15 is 0 Å². The summed E-state index contributed by atoms with van der Waals surface area (Å²) < 4.78 is 16.8. The number of hydrogen-bond donors (Lipinski definition) is 1. The fraction of sp³-hybridized carbons (Fsp3) is 0.519. The van der Waals surface area contributed by atoms with Gasteiger partial charge in [-0.1, -0.05) is 0 Å². The lowest BCUT2D eigenvalue weighted by atomic mass is 10.0. The Hall–Kier alpha value is -3.59. The molecule has 1 N–H and O–H groups in total. The summed E-state index contributed by atoms with van der Waals surface area (Å²) in [7, 11) is 1.57. The van der Waals surface area contributed by atoms with Crippen LogP contribution in [0.2, 0.25) is 0 Å². The Bertz CT molecular complexity index is 1270. The zero-order valence-electron chi connectivity index (χ0n) is 21.9. The van der Waals surface area contributed by atoms with Crippen molar-refractivity contribution >= 4 is 24.0 Å². The number of anilines is 2. The zero-order chi connectivity index (χ0) is 26.9. The van der Waals surface area contributed by atoms with Crippen molar-refractivity contribution in [2.24, 2.45) is 0 Å². The molecule has 11 heteroatoms. The third-order valence-electron chi connectivity index (χ3n) is 7.39. The minimum absolute atomic E-state index is 0.0124. The third-order valence-corrected chi connectivity index (χ3v) is 7.39. The molecule has 2 unspecified atom stereocenters. The first-order valence-corrected chi connectivity index (χ1v) is 12.9. The third kappa shape index (κ3) is 5.07. The summed E-state index contributed by atoms with van der Waals surface area (Å²) in [6.07, 6.45) is 5.54. The maximum atomic E-state index is 13.3. The van der Waals surface area contributed by atoms with Gasteiger partial charge in [-0.25, -0.2) is 14.8 Å². The molecule has 5 rings (SSSR count). The number of ether oxygens (including phenoxy) is 3. The van der Waals surface area contributed by atoms with Crippen molar-refractivity contribution in [1.29, 1.82) is 5.26 Å². The smallest absolute Gasteiger partial charge is 0.328 e. The van der Waals surface area contributed by atoms with E-state index in [9.17, 15) is 14.9 Å². The molecular weight excluding hydrogens is 488 g/mol. The number of urea groups is 1. The summed E-state index contributed by atoms with van der Waals surface area (Å²) in [5, 5.41) is 12.2. The molecule has 2 aromatic rings. The number of nitriles is 1. The predicted octanol–water partition coefficient (Wildman–Crippen LogP) is 3.27. The molecule has 38 heavy (non-hydrogen) atoms. The number of aryl methyl sites for hydroxylation is 1. The van der Waals surface area contributed by atoms with Gasteiger partial charge in [0.2, 0.25) is 0 Å². The molecule has 2 atom stereocenters. The molecule has 0 bridgehead atoms. The Morgan fingerprint density at radius 2 is 2.24 bits per heavy atom. The summed E-state index contributed by atoms with van der Waals surface area (Å²) in [4.78, 5) is 38.1. The first-order valence-electron chi connectivity index (χ1n) is 12.9. The Morgan fingerprint density at radius 1 is 1.42 bits per heavy atom. The molecule has 1 spiro atoms. The predicted molar refractivity (Wildman–Crippen MR) is 138 cm³/mol. The maximum absolute atomic E-state index is 13.3. The number of methoxy groups -OCH3 is 1. The van der Waals surface area contributed by atoms with Crippen LogP contribution in [-0.4, -0.2) is 71.9 Å². The highest BCUT2D eigenvalue weighted by atomic mass is 16.5. The van der Waals surface area contributed by atoms with Crippen LogP contribution in [0.5, 0.6) is 5.75 Å². The number of nitrogens with one attached hydrogen (secondary N) is 1. The first kappa shape index (κ1) is 26.0. The minimum Gasteiger partial charge on any atom is -0.487 e. The molecule has 0 radical (unpaired) electrons. The lowest BCUT2D eigenvalue weighted by Gasteiger charge is -2.30. The van der Waals surface area contributed by atoms with Gasteiger partial charge >= 0.3 is 6.03 Å². The zero-order valence-corrected chi connectivity index (χ0v) is 21.9. The number of aldehydes is 1. The number of nitrogens with zero attached hydrogens (tertiary/aromatic N) is 5. The van der Waals surface area contributed by atoms with E-state index in [-0.39, 0.29) is 29.3 Å². The van der Waals surface area contributed by atoms with E-state index < -0.39 is 6.03 Å². The van der Waals surface area contributed by atoms with Gasteiger partial charge in [0, 0.05) is 31.8 Å². The number of fused-ring (bicyclic) bond motifs is 1. The average molecular weight is 521 g/mol. The fourth-order valence-corrected chi connectivity index (χ4v) is 5.22. The highest BCUT2D eigenvalue weighted by molar-refractivity contribution is 6.01. The fourth-order valence-electron chi connectivity index (χ4n) is 5.22. The maximum Gasteiger partial charge on any atom is 0.328 e. The lowest BCUT2D eigenvalue weighted by Crippen LogP contribution is -2.40. The largest absolute Gasteiger partial charge is 0.487 e. The Kier molecular flexibility index (Phi) is 7.29. The summed E-state index contributed by atoms with van der Waals surface area (Å²) in [5.41, 5.74) is 2.45. The second kappa shape index (κ2) is 10.6. The van der Waals surface area contributed by atoms with Crippen LogP contribution in [0.25, 0.3) is 0 Å². The molecule has 2 aromatic heterocycles. The highest BCUT2D eigenvalue weighted by Gasteiger charge is 2.54. The molecule has 1 saturated heterocycles. The normalized spacial score (nSPS) is 20.5. The van der Waals surface area contributed by atoms with E-state index in [1.54, 1.807) is 7.11 Å². The monoisotopic (exact) mass is 520 g/mol. The van der Waals surface area contributed by atoms with E-state index in [4.69, 9.17) is 14.2 Å². The molecule has 1 aliphatic carbocycles. The second-order valence-corrected chi connectivity index (χ2v) is 10.1. The number of carbonyl (C=O) groups excluding carboxylic acids is 2. The average Bonchev–Trinajstić information content (AvgIpc) is 3.64. The van der Waals surface area contributed by atoms with E-state index in [0.717, 1.165) is 49.7 Å². The number of amides is 2. The van der Waals surface area contributed by atoms with Crippen molar-refractivity contribution in [3.8, 4) is 11.8 Å². The first-order chi connectivity index (χ1) is 18.4. The quantitative estimate of drug-likeness (QED) is 0.521. The summed E-state index contributed by atoms with van der Waals surface area (Å²) in [5.74, 6) is 1.02. The van der Waals surface area contributed by atoms with Crippen LogP contribution in [0, 0.1) is 11.3 Å². The van der Waals surface area contributed by atoms with E-state index in [2.05, 4.69) is 20.2 Å². The van der Waals surface area contributed by atoms with Gasteiger partial charge in [0.05, 0.1) is 19.4 Å². The molecule has 0 aromatic carbocycles. The van der Waals surface area contributed by atoms with Gasteiger partial charge in [0.25, 0.3) is 0 Å². The number of carbonyl (C=O) groups is 2. The van der Waals surface area contributed by atoms with Gasteiger partial charge in [-0.15, -0.1) is 0 Å². The molecule has 2 aliphatic heterocycles. The van der Waals surface area contributed by atoms with Crippen molar-refractivity contribution < 1.29 is 23.8 Å². The molecule has 11 nitrogen and oxygen atoms in total. The van der Waals surface area contributed by atoms with Crippen molar-refractivity contribution in [3.05, 3.63) is 40.7 Å². The van der Waals surface area contributed by atoms with E-state index in [1.165, 1.54) is 17.2 Å². The number of pyridine rings is 2. The molecular formula is C27H32N6O5. The van der Waals surface area contributed by atoms with Crippen LogP contribution in [0.1, 0.15) is 60.3 Å². The van der Waals surface area contributed by atoms with E-state index in [0.29, 0.717) is 37.0 Å². The van der Waals surface area contributed by atoms with Crippen molar-refractivity contribution in [1.82, 2.24) is 14.9 Å². The highest BCUT2D eigenvalue weighted by Crippen LogP contribution is 2.48. The van der Waals surface area contributed by atoms with E-state index in [1.807, 2.05) is 26.0 Å². The van der Waals surface area contributed by atoms with Crippen LogP contribution in [0.4, 0.5) is 16.4 Å². The van der Waals surface area contributed by atoms with Gasteiger partial charge in [-0.05, 0) is 56.7 Å². The molecule has 2 fully saturated rings. The second-order valence-electron chi connectivity index (χ2n) is 10.1. The molecule has 3 aliphatic rings. The van der Waals surface area contributed by atoms with Crippen molar-refractivity contribution in [2.45, 2.75) is 63.9 Å². The Morgan fingerprint density at radius 3 is 2.95 bits per heavy atom. The molecule has 1 saturated carbocycles. The van der Waals surface area contributed by atoms with Gasteiger partial charge in [-0.2, -0.15) is 5.26 Å². The number of aromatic nitrogens is 2. The van der Waals surface area contributed by atoms with Crippen LogP contribution in [0.3, 0.4) is 0 Å². The van der Waals surface area contributed by atoms with Crippen molar-refractivity contribution in [2.75, 3.05) is 37.1 Å². The summed E-state index contributed by atoms with van der Waals surface area (Å²) in [6.45, 7) is 5.96. The number of hydrogen-bond acceptors (Lipinski definition) is 9. The van der Waals surface area contributed by atoms with Crippen LogP contribution in [-0.2, 0) is 22.4 Å². The van der Waals surface area contributed by atoms with Crippen LogP contribution >= 0.6 is 0 Å². The minimum atomic E-state index is -0.422. The van der Waals surface area contributed by atoms with Gasteiger partial charge in [0.15, 0.2) is 6.29 Å². The molecule has 2 amide bonds. The standard InChI is InChI=1S/C27H32N6O5/c1-17(15-36-3)38-23-10-24(29-12-21(23)11-28)31-26(35)32-8-4-5-19-9-20(22(14-34)30-25(19)32)13-33-18(2)37-16-27(33)6-7-27/h9-10,12,14,17-18H,4-8,13,15-16H2,1-3H3,(H,29,31,35). The summed E-state index contributed by atoms with van der Waals surface area (Å²) in [6, 6.07) is 5.16. The Labute approximate surface area is 221 Å². The molecule has 200 valence electrons. The van der Waals surface area contributed by atoms with Crippen LogP contribution in [0.15, 0.2) is 18.3 Å². The van der Waals surface area contributed by atoms with Crippen molar-refractivity contribution in [3.63, 3.8) is 0 Å². The summed E-state index contributed by atoms with van der Waals surface area (Å²) >= 11 is 0. The lowest BCUT2D eigenvalue weighted by molar-refractivity contribution is 0.0403. The SMILES string of the molecule is COCC(C)Oc1cc(NC(=O)N2CCCc3cc(CN4C(C)OCC45CC5)c(C=O)nc32)ncc1C#N.